The van der Waals surface area contributed by atoms with Gasteiger partial charge in [0.1, 0.15) is 0 Å². The molecule has 6 heteroatoms. The van der Waals surface area contributed by atoms with Crippen molar-refractivity contribution in [1.82, 2.24) is 9.88 Å². The number of carboxylic acids is 1. The molecule has 1 aliphatic heterocycles. The first-order chi connectivity index (χ1) is 13.7. The Hall–Kier alpha value is -3.12. The number of benzene rings is 2. The number of carbonyl (C=O) groups is 1. The molecule has 0 amide bonds. The highest BCUT2D eigenvalue weighted by atomic mass is 16.4. The normalized spacial score (nSPS) is 14.7. The van der Waals surface area contributed by atoms with Gasteiger partial charge in [0.05, 0.1) is 11.8 Å². The number of hydrogen-bond acceptors (Lipinski definition) is 5. The SMILES string of the molecule is O=C(O)c1ccc(-c2cnc(Nc3cccc(CN4CCCCC4)c3)o2)cc1. The van der Waals surface area contributed by atoms with Gasteiger partial charge < -0.3 is 14.8 Å². The summed E-state index contributed by atoms with van der Waals surface area (Å²) in [7, 11) is 0. The Bertz CT molecular complexity index is 944. The van der Waals surface area contributed by atoms with Crippen LogP contribution in [-0.4, -0.2) is 34.0 Å². The number of nitrogens with one attached hydrogen (secondary N) is 1. The summed E-state index contributed by atoms with van der Waals surface area (Å²) in [4.78, 5) is 17.7. The molecule has 1 saturated heterocycles. The molecule has 1 fully saturated rings. The Morgan fingerprint density at radius 1 is 1.11 bits per heavy atom. The molecule has 28 heavy (non-hydrogen) atoms. The van der Waals surface area contributed by atoms with Gasteiger partial charge in [0, 0.05) is 17.8 Å². The van der Waals surface area contributed by atoms with Crippen LogP contribution in [-0.2, 0) is 6.54 Å². The van der Waals surface area contributed by atoms with E-state index in [1.165, 1.54) is 37.9 Å². The third kappa shape index (κ3) is 4.40. The molecule has 0 saturated carbocycles. The molecule has 2 heterocycles. The van der Waals surface area contributed by atoms with Crippen molar-refractivity contribution in [3.8, 4) is 11.3 Å². The molecule has 2 aromatic carbocycles. The maximum atomic E-state index is 11.0. The largest absolute Gasteiger partial charge is 0.478 e. The van der Waals surface area contributed by atoms with Crippen molar-refractivity contribution in [1.29, 1.82) is 0 Å². The Kier molecular flexibility index (Phi) is 5.39. The number of oxazole rings is 1. The van der Waals surface area contributed by atoms with Gasteiger partial charge in [-0.25, -0.2) is 9.78 Å². The van der Waals surface area contributed by atoms with Crippen LogP contribution >= 0.6 is 0 Å². The van der Waals surface area contributed by atoms with Gasteiger partial charge in [0.25, 0.3) is 6.01 Å². The van der Waals surface area contributed by atoms with Crippen LogP contribution in [0.3, 0.4) is 0 Å². The van der Waals surface area contributed by atoms with Crippen LogP contribution in [0.4, 0.5) is 11.7 Å². The minimum absolute atomic E-state index is 0.243. The maximum Gasteiger partial charge on any atom is 0.335 e. The first-order valence-electron chi connectivity index (χ1n) is 9.55. The van der Waals surface area contributed by atoms with Crippen LogP contribution in [0.1, 0.15) is 35.2 Å². The minimum atomic E-state index is -0.948. The van der Waals surface area contributed by atoms with E-state index in [1.807, 2.05) is 12.1 Å². The number of carboxylic acid groups (broad SMARTS) is 1. The average Bonchev–Trinajstić information content (AvgIpc) is 3.17. The molecule has 144 valence electrons. The predicted octanol–water partition coefficient (Wildman–Crippen LogP) is 4.77. The topological polar surface area (TPSA) is 78.6 Å². The zero-order valence-electron chi connectivity index (χ0n) is 15.6. The van der Waals surface area contributed by atoms with Gasteiger partial charge in [0.2, 0.25) is 0 Å². The summed E-state index contributed by atoms with van der Waals surface area (Å²) in [5, 5.41) is 12.2. The highest BCUT2D eigenvalue weighted by Gasteiger charge is 2.12. The summed E-state index contributed by atoms with van der Waals surface area (Å²) in [6, 6.07) is 15.2. The molecule has 0 unspecified atom stereocenters. The van der Waals surface area contributed by atoms with E-state index in [2.05, 4.69) is 27.3 Å². The summed E-state index contributed by atoms with van der Waals surface area (Å²) < 4.78 is 5.78. The van der Waals surface area contributed by atoms with Crippen molar-refractivity contribution >= 4 is 17.7 Å². The third-order valence-electron chi connectivity index (χ3n) is 4.96. The minimum Gasteiger partial charge on any atom is -0.478 e. The van der Waals surface area contributed by atoms with Gasteiger partial charge in [-0.2, -0.15) is 0 Å². The second-order valence-electron chi connectivity index (χ2n) is 7.07. The number of aromatic nitrogens is 1. The highest BCUT2D eigenvalue weighted by Crippen LogP contribution is 2.25. The number of likely N-dealkylation sites (tertiary alicyclic amines) is 1. The van der Waals surface area contributed by atoms with Gasteiger partial charge in [-0.05, 0) is 55.8 Å². The highest BCUT2D eigenvalue weighted by molar-refractivity contribution is 5.88. The molecule has 0 aliphatic carbocycles. The van der Waals surface area contributed by atoms with Crippen LogP contribution in [0.5, 0.6) is 0 Å². The first kappa shape index (κ1) is 18.3. The van der Waals surface area contributed by atoms with E-state index in [0.717, 1.165) is 17.8 Å². The number of piperidine rings is 1. The lowest BCUT2D eigenvalue weighted by Crippen LogP contribution is -2.29. The summed E-state index contributed by atoms with van der Waals surface area (Å²) in [5.41, 5.74) is 3.23. The number of nitrogens with zero attached hydrogens (tertiary/aromatic N) is 2. The van der Waals surface area contributed by atoms with Crippen molar-refractivity contribution in [2.75, 3.05) is 18.4 Å². The Morgan fingerprint density at radius 2 is 1.89 bits per heavy atom. The molecule has 1 aliphatic rings. The van der Waals surface area contributed by atoms with Crippen LogP contribution < -0.4 is 5.32 Å². The molecular weight excluding hydrogens is 354 g/mol. The quantitative estimate of drug-likeness (QED) is 0.644. The van der Waals surface area contributed by atoms with Crippen molar-refractivity contribution < 1.29 is 14.3 Å². The molecule has 4 rings (SSSR count). The van der Waals surface area contributed by atoms with Crippen molar-refractivity contribution in [3.63, 3.8) is 0 Å². The maximum absolute atomic E-state index is 11.0. The smallest absolute Gasteiger partial charge is 0.335 e. The van der Waals surface area contributed by atoms with Gasteiger partial charge in [-0.15, -0.1) is 0 Å². The molecule has 0 bridgehead atoms. The van der Waals surface area contributed by atoms with Crippen LogP contribution in [0.15, 0.2) is 59.1 Å². The summed E-state index contributed by atoms with van der Waals surface area (Å²) >= 11 is 0. The van der Waals surface area contributed by atoms with E-state index in [0.29, 0.717) is 11.8 Å². The van der Waals surface area contributed by atoms with Gasteiger partial charge in [0.15, 0.2) is 5.76 Å². The van der Waals surface area contributed by atoms with E-state index in [1.54, 1.807) is 30.5 Å². The molecule has 2 N–H and O–H groups in total. The fourth-order valence-corrected chi connectivity index (χ4v) is 3.49. The van der Waals surface area contributed by atoms with E-state index in [-0.39, 0.29) is 5.56 Å². The van der Waals surface area contributed by atoms with E-state index in [9.17, 15) is 4.79 Å². The fourth-order valence-electron chi connectivity index (χ4n) is 3.49. The lowest BCUT2D eigenvalue weighted by molar-refractivity contribution is 0.0697. The second kappa shape index (κ2) is 8.27. The zero-order chi connectivity index (χ0) is 19.3. The lowest BCUT2D eigenvalue weighted by atomic mass is 10.1. The fraction of sp³-hybridized carbons (Fsp3) is 0.273. The Balaban J connectivity index is 1.43. The van der Waals surface area contributed by atoms with E-state index < -0.39 is 5.97 Å². The zero-order valence-corrected chi connectivity index (χ0v) is 15.6. The van der Waals surface area contributed by atoms with Gasteiger partial charge >= 0.3 is 5.97 Å². The summed E-state index contributed by atoms with van der Waals surface area (Å²) in [6.45, 7) is 3.30. The van der Waals surface area contributed by atoms with E-state index in [4.69, 9.17) is 9.52 Å². The van der Waals surface area contributed by atoms with Crippen LogP contribution in [0.2, 0.25) is 0 Å². The summed E-state index contributed by atoms with van der Waals surface area (Å²) in [6.07, 6.45) is 5.54. The molecule has 1 aromatic heterocycles. The van der Waals surface area contributed by atoms with Crippen LogP contribution in [0.25, 0.3) is 11.3 Å². The molecular formula is C22H23N3O3. The average molecular weight is 377 g/mol. The number of rotatable bonds is 6. The van der Waals surface area contributed by atoms with Crippen molar-refractivity contribution in [2.45, 2.75) is 25.8 Å². The van der Waals surface area contributed by atoms with Crippen LogP contribution in [0, 0.1) is 0 Å². The lowest BCUT2D eigenvalue weighted by Gasteiger charge is -2.26. The number of aromatic carboxylic acids is 1. The van der Waals surface area contributed by atoms with Crippen molar-refractivity contribution in [2.24, 2.45) is 0 Å². The van der Waals surface area contributed by atoms with Gasteiger partial charge in [-0.1, -0.05) is 30.7 Å². The Labute approximate surface area is 163 Å². The first-order valence-corrected chi connectivity index (χ1v) is 9.55. The van der Waals surface area contributed by atoms with Crippen molar-refractivity contribution in [3.05, 3.63) is 65.9 Å². The molecule has 3 aromatic rings. The number of hydrogen-bond donors (Lipinski definition) is 2. The Morgan fingerprint density at radius 3 is 2.64 bits per heavy atom. The standard InChI is InChI=1S/C22H23N3O3/c26-21(27)18-9-7-17(8-10-18)20-14-23-22(28-20)24-19-6-4-5-16(13-19)15-25-11-2-1-3-12-25/h4-10,13-14H,1-3,11-12,15H2,(H,23,24)(H,26,27). The summed E-state index contributed by atoms with van der Waals surface area (Å²) in [5.74, 6) is -0.361. The number of anilines is 2. The monoisotopic (exact) mass is 377 g/mol. The van der Waals surface area contributed by atoms with Gasteiger partial charge in [-0.3, -0.25) is 4.90 Å². The second-order valence-corrected chi connectivity index (χ2v) is 7.07. The molecule has 6 nitrogen and oxygen atoms in total. The van der Waals surface area contributed by atoms with E-state index >= 15 is 0 Å². The third-order valence-corrected chi connectivity index (χ3v) is 4.96. The molecule has 0 atom stereocenters. The predicted molar refractivity (Wildman–Crippen MR) is 108 cm³/mol. The molecule has 0 spiro atoms. The molecule has 0 radical (unpaired) electrons.